The number of hydrogen-bond donors (Lipinski definition) is 1. The van der Waals surface area contributed by atoms with Gasteiger partial charge in [-0.25, -0.2) is 9.64 Å². The number of carbonyl (C=O) groups excluding carboxylic acids is 1. The fourth-order valence-electron chi connectivity index (χ4n) is 3.33. The third-order valence-electron chi connectivity index (χ3n) is 4.61. The van der Waals surface area contributed by atoms with Crippen LogP contribution in [0.5, 0.6) is 5.75 Å². The lowest BCUT2D eigenvalue weighted by Crippen LogP contribution is -2.17. The summed E-state index contributed by atoms with van der Waals surface area (Å²) in [5, 5.41) is 7.58. The van der Waals surface area contributed by atoms with E-state index in [0.717, 1.165) is 11.1 Å². The third-order valence-corrected chi connectivity index (χ3v) is 4.61. The van der Waals surface area contributed by atoms with E-state index in [4.69, 9.17) is 27.4 Å². The van der Waals surface area contributed by atoms with Crippen LogP contribution in [0.4, 0.5) is 5.69 Å². The number of azide groups is 1. The van der Waals surface area contributed by atoms with E-state index in [0.29, 0.717) is 24.2 Å². The first-order chi connectivity index (χ1) is 14.4. The van der Waals surface area contributed by atoms with Crippen molar-refractivity contribution in [3.8, 4) is 5.75 Å². The molecule has 0 spiro atoms. The van der Waals surface area contributed by atoms with Crippen LogP contribution in [-0.2, 0) is 11.3 Å². The molecule has 0 fully saturated rings. The summed E-state index contributed by atoms with van der Waals surface area (Å²) in [5.41, 5.74) is 17.6. The van der Waals surface area contributed by atoms with Crippen LogP contribution in [0, 0.1) is 6.57 Å². The first-order valence-electron chi connectivity index (χ1n) is 9.34. The summed E-state index contributed by atoms with van der Waals surface area (Å²) in [6.45, 7) is 11.0. The molecule has 0 bridgehead atoms. The molecule has 30 heavy (non-hydrogen) atoms. The molecule has 0 radical (unpaired) electrons. The monoisotopic (exact) mass is 404 g/mol. The highest BCUT2D eigenvalue weighted by molar-refractivity contribution is 6.00. The second-order valence-corrected chi connectivity index (χ2v) is 6.95. The zero-order valence-electron chi connectivity index (χ0n) is 16.6. The van der Waals surface area contributed by atoms with Gasteiger partial charge in [0.15, 0.2) is 5.84 Å². The Hall–Kier alpha value is -4.02. The summed E-state index contributed by atoms with van der Waals surface area (Å²) in [4.78, 5) is 23.6. The predicted molar refractivity (Wildman–Crippen MR) is 111 cm³/mol. The second-order valence-electron chi connectivity index (χ2n) is 6.95. The van der Waals surface area contributed by atoms with Gasteiger partial charge in [-0.3, -0.25) is 0 Å². The molecule has 152 valence electrons. The first-order valence-corrected chi connectivity index (χ1v) is 9.34. The summed E-state index contributed by atoms with van der Waals surface area (Å²) in [6, 6.07) is 9.67. The number of amidine groups is 1. The van der Waals surface area contributed by atoms with E-state index in [2.05, 4.69) is 20.0 Å². The number of ether oxygens (including phenoxy) is 1. The van der Waals surface area contributed by atoms with Gasteiger partial charge in [-0.05, 0) is 61.5 Å². The standard InChI is InChI=1S/C21H20N6O3/c1-12(2)29-19-10-7-13(11-18(19)24-3)21(28)30-26-20(22)16-6-4-5-15-14(16)8-9-17(15)25-27-23/h4-7,10-12,17H,8-9H2,1-2H3,(H2,22,26). The number of benzene rings is 2. The summed E-state index contributed by atoms with van der Waals surface area (Å²) < 4.78 is 5.55. The zero-order valence-corrected chi connectivity index (χ0v) is 16.6. The number of fused-ring (bicyclic) bond motifs is 1. The van der Waals surface area contributed by atoms with Crippen molar-refractivity contribution in [2.45, 2.75) is 38.8 Å². The molecule has 0 aromatic heterocycles. The highest BCUT2D eigenvalue weighted by Gasteiger charge is 2.24. The highest BCUT2D eigenvalue weighted by Crippen LogP contribution is 2.36. The van der Waals surface area contributed by atoms with Gasteiger partial charge >= 0.3 is 5.97 Å². The Labute approximate surface area is 173 Å². The molecule has 2 aromatic carbocycles. The van der Waals surface area contributed by atoms with Crippen LogP contribution in [0.2, 0.25) is 0 Å². The fourth-order valence-corrected chi connectivity index (χ4v) is 3.33. The van der Waals surface area contributed by atoms with E-state index < -0.39 is 5.97 Å². The van der Waals surface area contributed by atoms with Crippen molar-refractivity contribution in [2.75, 3.05) is 0 Å². The van der Waals surface area contributed by atoms with Crippen LogP contribution in [-0.4, -0.2) is 17.9 Å². The Morgan fingerprint density at radius 1 is 1.33 bits per heavy atom. The largest absolute Gasteiger partial charge is 0.502 e. The minimum absolute atomic E-state index is 0.0481. The van der Waals surface area contributed by atoms with Crippen LogP contribution < -0.4 is 10.5 Å². The lowest BCUT2D eigenvalue weighted by atomic mass is 10.0. The van der Waals surface area contributed by atoms with Crippen molar-refractivity contribution < 1.29 is 14.4 Å². The maximum absolute atomic E-state index is 12.4. The average molecular weight is 404 g/mol. The van der Waals surface area contributed by atoms with Gasteiger partial charge in [0.25, 0.3) is 0 Å². The molecule has 0 saturated heterocycles. The quantitative estimate of drug-likeness (QED) is 0.108. The summed E-state index contributed by atoms with van der Waals surface area (Å²) in [5.74, 6) is -0.292. The lowest BCUT2D eigenvalue weighted by Gasteiger charge is -2.12. The Kier molecular flexibility index (Phi) is 6.20. The second kappa shape index (κ2) is 8.99. The molecule has 0 saturated carbocycles. The average Bonchev–Trinajstić information content (AvgIpc) is 3.15. The molecule has 0 heterocycles. The van der Waals surface area contributed by atoms with Crippen molar-refractivity contribution in [1.29, 1.82) is 0 Å². The highest BCUT2D eigenvalue weighted by atomic mass is 16.7. The third kappa shape index (κ3) is 4.35. The van der Waals surface area contributed by atoms with E-state index in [1.54, 1.807) is 18.2 Å². The van der Waals surface area contributed by atoms with Gasteiger partial charge in [0.1, 0.15) is 5.75 Å². The number of oxime groups is 1. The molecule has 1 atom stereocenters. The molecule has 9 heteroatoms. The molecular formula is C21H20N6O3. The predicted octanol–water partition coefficient (Wildman–Crippen LogP) is 4.80. The number of nitrogens with zero attached hydrogens (tertiary/aromatic N) is 5. The molecular weight excluding hydrogens is 384 g/mol. The fraction of sp³-hybridized carbons (Fsp3) is 0.286. The van der Waals surface area contributed by atoms with Crippen LogP contribution in [0.15, 0.2) is 46.7 Å². The van der Waals surface area contributed by atoms with E-state index in [1.807, 2.05) is 19.9 Å². The van der Waals surface area contributed by atoms with Crippen LogP contribution in [0.3, 0.4) is 0 Å². The van der Waals surface area contributed by atoms with Gasteiger partial charge in [-0.1, -0.05) is 28.5 Å². The minimum Gasteiger partial charge on any atom is -0.502 e. The van der Waals surface area contributed by atoms with Crippen molar-refractivity contribution >= 4 is 17.5 Å². The number of hydrogen-bond acceptors (Lipinski definition) is 5. The molecule has 0 aliphatic heterocycles. The number of rotatable bonds is 6. The van der Waals surface area contributed by atoms with E-state index in [1.165, 1.54) is 12.1 Å². The molecule has 1 unspecified atom stereocenters. The minimum atomic E-state index is -0.738. The van der Waals surface area contributed by atoms with Gasteiger partial charge in [-0.15, -0.1) is 0 Å². The molecule has 2 N–H and O–H groups in total. The number of nitrogens with two attached hydrogens (primary N) is 1. The smallest absolute Gasteiger partial charge is 0.364 e. The van der Waals surface area contributed by atoms with E-state index >= 15 is 0 Å². The van der Waals surface area contributed by atoms with Gasteiger partial charge in [0.05, 0.1) is 24.3 Å². The molecule has 9 nitrogen and oxygen atoms in total. The van der Waals surface area contributed by atoms with Crippen molar-refractivity contribution in [3.05, 3.63) is 80.5 Å². The first kappa shape index (κ1) is 20.7. The maximum Gasteiger partial charge on any atom is 0.364 e. The summed E-state index contributed by atoms with van der Waals surface area (Å²) in [6.07, 6.45) is 1.28. The molecule has 0 amide bonds. The van der Waals surface area contributed by atoms with Crippen molar-refractivity contribution in [2.24, 2.45) is 16.0 Å². The number of carbonyl (C=O) groups is 1. The molecule has 2 aromatic rings. The van der Waals surface area contributed by atoms with E-state index in [9.17, 15) is 4.79 Å². The van der Waals surface area contributed by atoms with Crippen LogP contribution >= 0.6 is 0 Å². The summed E-state index contributed by atoms with van der Waals surface area (Å²) >= 11 is 0. The van der Waals surface area contributed by atoms with Gasteiger partial charge < -0.3 is 15.3 Å². The maximum atomic E-state index is 12.4. The summed E-state index contributed by atoms with van der Waals surface area (Å²) in [7, 11) is 0. The Balaban J connectivity index is 1.79. The van der Waals surface area contributed by atoms with Crippen LogP contribution in [0.1, 0.15) is 53.4 Å². The normalized spacial score (nSPS) is 15.1. The van der Waals surface area contributed by atoms with Gasteiger partial charge in [0.2, 0.25) is 5.69 Å². The Morgan fingerprint density at radius 3 is 2.83 bits per heavy atom. The van der Waals surface area contributed by atoms with Gasteiger partial charge in [0, 0.05) is 10.5 Å². The van der Waals surface area contributed by atoms with Crippen molar-refractivity contribution in [3.63, 3.8) is 0 Å². The van der Waals surface area contributed by atoms with Crippen molar-refractivity contribution in [1.82, 2.24) is 0 Å². The van der Waals surface area contributed by atoms with Gasteiger partial charge in [-0.2, -0.15) is 0 Å². The Morgan fingerprint density at radius 2 is 2.13 bits per heavy atom. The molecule has 3 rings (SSSR count). The Bertz CT molecular complexity index is 1100. The molecule has 1 aliphatic rings. The van der Waals surface area contributed by atoms with Crippen LogP contribution in [0.25, 0.3) is 15.3 Å². The molecule has 1 aliphatic carbocycles. The van der Waals surface area contributed by atoms with E-state index in [-0.39, 0.29) is 29.2 Å². The SMILES string of the molecule is [C-]#[N+]c1cc(C(=O)O/N=C(\N)c2cccc3c2CCC3N=[N+]=[N-])ccc1OC(C)C. The lowest BCUT2D eigenvalue weighted by molar-refractivity contribution is 0.0516. The topological polar surface area (TPSA) is 127 Å². The zero-order chi connectivity index (χ0) is 21.7.